The standard InChI is InChI=1S/C50H31N5/c1-3-13-32(14-4-1)45-30-29-43-42-21-11-12-22-46(42)55(50(43)51-45)36-26-23-34(24-27-36)48-52-47(33-15-5-2-6-16-33)53-49(54-48)35-25-28-41-39-19-8-7-17-37(39)38-18-9-10-20-40(38)44(41)31-35/h1-31H. The Kier molecular flexibility index (Phi) is 7.10. The van der Waals surface area contributed by atoms with E-state index in [4.69, 9.17) is 19.9 Å². The highest BCUT2D eigenvalue weighted by Crippen LogP contribution is 2.38. The van der Waals surface area contributed by atoms with Gasteiger partial charge >= 0.3 is 0 Å². The van der Waals surface area contributed by atoms with E-state index in [9.17, 15) is 0 Å². The molecule has 0 amide bonds. The smallest absolute Gasteiger partial charge is 0.164 e. The summed E-state index contributed by atoms with van der Waals surface area (Å²) in [4.78, 5) is 20.5. The second-order valence-electron chi connectivity index (χ2n) is 13.9. The fraction of sp³-hybridized carbons (Fsp3) is 0. The highest BCUT2D eigenvalue weighted by Gasteiger charge is 2.17. The minimum atomic E-state index is 0.616. The summed E-state index contributed by atoms with van der Waals surface area (Å²) >= 11 is 0. The number of fused-ring (bicyclic) bond motifs is 9. The molecule has 0 unspecified atom stereocenters. The molecule has 5 heteroatoms. The average Bonchev–Trinajstić information content (AvgIpc) is 3.60. The van der Waals surface area contributed by atoms with E-state index in [0.717, 1.165) is 50.2 Å². The Balaban J connectivity index is 1.06. The van der Waals surface area contributed by atoms with Crippen LogP contribution in [0.25, 0.3) is 105 Å². The van der Waals surface area contributed by atoms with Crippen LogP contribution in [0.5, 0.6) is 0 Å². The lowest BCUT2D eigenvalue weighted by molar-refractivity contribution is 1.07. The zero-order valence-corrected chi connectivity index (χ0v) is 29.6. The number of benzene rings is 8. The minimum absolute atomic E-state index is 0.616. The van der Waals surface area contributed by atoms with Crippen molar-refractivity contribution in [2.75, 3.05) is 0 Å². The van der Waals surface area contributed by atoms with Crippen LogP contribution in [0.2, 0.25) is 0 Å². The Labute approximate surface area is 316 Å². The third-order valence-electron chi connectivity index (χ3n) is 10.6. The zero-order chi connectivity index (χ0) is 36.3. The summed E-state index contributed by atoms with van der Waals surface area (Å²) in [6.45, 7) is 0. The molecule has 3 heterocycles. The fourth-order valence-electron chi connectivity index (χ4n) is 8.03. The molecule has 11 rings (SSSR count). The molecule has 0 N–H and O–H groups in total. The van der Waals surface area contributed by atoms with Gasteiger partial charge < -0.3 is 0 Å². The van der Waals surface area contributed by atoms with Gasteiger partial charge in [0.2, 0.25) is 0 Å². The number of hydrogen-bond acceptors (Lipinski definition) is 4. The summed E-state index contributed by atoms with van der Waals surface area (Å²) in [5, 5.41) is 9.60. The van der Waals surface area contributed by atoms with Crippen molar-refractivity contribution in [3.05, 3.63) is 188 Å². The number of hydrogen-bond donors (Lipinski definition) is 0. The number of rotatable bonds is 5. The third-order valence-corrected chi connectivity index (χ3v) is 10.6. The van der Waals surface area contributed by atoms with E-state index in [1.165, 1.54) is 37.7 Å². The first kappa shape index (κ1) is 31.1. The maximum Gasteiger partial charge on any atom is 0.164 e. The van der Waals surface area contributed by atoms with Gasteiger partial charge in [-0.1, -0.05) is 140 Å². The summed E-state index contributed by atoms with van der Waals surface area (Å²) in [5.41, 5.74) is 7.84. The van der Waals surface area contributed by atoms with Crippen LogP contribution >= 0.6 is 0 Å². The predicted octanol–water partition coefficient (Wildman–Crippen LogP) is 12.5. The average molecular weight is 702 g/mol. The van der Waals surface area contributed by atoms with E-state index in [0.29, 0.717) is 17.5 Å². The molecular weight excluding hydrogens is 671 g/mol. The Morgan fingerprint density at radius 2 is 0.745 bits per heavy atom. The van der Waals surface area contributed by atoms with Crippen LogP contribution in [-0.4, -0.2) is 24.5 Å². The first-order chi connectivity index (χ1) is 27.3. The molecular formula is C50H31N5. The van der Waals surface area contributed by atoms with Crippen molar-refractivity contribution >= 4 is 54.3 Å². The van der Waals surface area contributed by atoms with Gasteiger partial charge in [0, 0.05) is 38.7 Å². The lowest BCUT2D eigenvalue weighted by atomic mass is 9.93. The normalized spacial score (nSPS) is 11.6. The first-order valence-electron chi connectivity index (χ1n) is 18.5. The van der Waals surface area contributed by atoms with Gasteiger partial charge in [0.15, 0.2) is 17.5 Å². The molecule has 0 saturated carbocycles. The molecule has 0 saturated heterocycles. The molecule has 0 spiro atoms. The summed E-state index contributed by atoms with van der Waals surface area (Å²) < 4.78 is 2.25. The first-order valence-corrected chi connectivity index (χ1v) is 18.5. The number of para-hydroxylation sites is 1. The molecule has 55 heavy (non-hydrogen) atoms. The van der Waals surface area contributed by atoms with E-state index in [1.54, 1.807) is 0 Å². The lowest BCUT2D eigenvalue weighted by Gasteiger charge is -2.13. The van der Waals surface area contributed by atoms with Crippen molar-refractivity contribution in [3.8, 4) is 51.1 Å². The van der Waals surface area contributed by atoms with Gasteiger partial charge in [0.25, 0.3) is 0 Å². The van der Waals surface area contributed by atoms with Crippen LogP contribution in [0.15, 0.2) is 188 Å². The van der Waals surface area contributed by atoms with E-state index in [-0.39, 0.29) is 0 Å². The molecule has 256 valence electrons. The van der Waals surface area contributed by atoms with Crippen LogP contribution in [0.1, 0.15) is 0 Å². The second kappa shape index (κ2) is 12.6. The van der Waals surface area contributed by atoms with Crippen LogP contribution in [0.3, 0.4) is 0 Å². The molecule has 11 aromatic rings. The van der Waals surface area contributed by atoms with Gasteiger partial charge in [0.1, 0.15) is 5.65 Å². The molecule has 0 fully saturated rings. The molecule has 8 aromatic carbocycles. The summed E-state index contributed by atoms with van der Waals surface area (Å²) in [5.74, 6) is 1.88. The Morgan fingerprint density at radius 3 is 1.38 bits per heavy atom. The van der Waals surface area contributed by atoms with Gasteiger partial charge in [-0.25, -0.2) is 19.9 Å². The van der Waals surface area contributed by atoms with E-state index < -0.39 is 0 Å². The maximum atomic E-state index is 5.22. The third kappa shape index (κ3) is 5.17. The van der Waals surface area contributed by atoms with Crippen LogP contribution in [-0.2, 0) is 0 Å². The predicted molar refractivity (Wildman–Crippen MR) is 226 cm³/mol. The van der Waals surface area contributed by atoms with Gasteiger partial charge in [-0.05, 0) is 80.8 Å². The van der Waals surface area contributed by atoms with E-state index in [1.807, 2.05) is 36.4 Å². The Bertz CT molecular complexity index is 3210. The Hall–Kier alpha value is -7.50. The molecule has 0 aliphatic carbocycles. The molecule has 3 aromatic heterocycles. The number of nitrogens with zero attached hydrogens (tertiary/aromatic N) is 5. The quantitative estimate of drug-likeness (QED) is 0.168. The molecule has 0 aliphatic rings. The van der Waals surface area contributed by atoms with Gasteiger partial charge in [-0.2, -0.15) is 0 Å². The molecule has 0 atom stereocenters. The topological polar surface area (TPSA) is 56.5 Å². The SMILES string of the molecule is c1ccc(-c2ccc3c4ccccc4n(-c4ccc(-c5nc(-c6ccccc6)nc(-c6ccc7c8ccccc8c8ccccc8c7c6)n5)cc4)c3n2)cc1. The summed E-state index contributed by atoms with van der Waals surface area (Å²) in [7, 11) is 0. The maximum absolute atomic E-state index is 5.22. The van der Waals surface area contributed by atoms with Crippen LogP contribution in [0.4, 0.5) is 0 Å². The monoisotopic (exact) mass is 701 g/mol. The van der Waals surface area contributed by atoms with Gasteiger partial charge in [-0.15, -0.1) is 0 Å². The zero-order valence-electron chi connectivity index (χ0n) is 29.6. The molecule has 5 nitrogen and oxygen atoms in total. The minimum Gasteiger partial charge on any atom is -0.294 e. The van der Waals surface area contributed by atoms with Crippen molar-refractivity contribution in [1.82, 2.24) is 24.5 Å². The molecule has 0 radical (unpaired) electrons. The van der Waals surface area contributed by atoms with Crippen molar-refractivity contribution in [2.45, 2.75) is 0 Å². The summed E-state index contributed by atoms with van der Waals surface area (Å²) in [6.07, 6.45) is 0. The van der Waals surface area contributed by atoms with Crippen molar-refractivity contribution in [2.24, 2.45) is 0 Å². The van der Waals surface area contributed by atoms with Crippen molar-refractivity contribution < 1.29 is 0 Å². The Morgan fingerprint density at radius 1 is 0.291 bits per heavy atom. The lowest BCUT2D eigenvalue weighted by Crippen LogP contribution is -2.01. The van der Waals surface area contributed by atoms with E-state index >= 15 is 0 Å². The molecule has 0 bridgehead atoms. The van der Waals surface area contributed by atoms with Crippen molar-refractivity contribution in [1.29, 1.82) is 0 Å². The largest absolute Gasteiger partial charge is 0.294 e. The fourth-order valence-corrected chi connectivity index (χ4v) is 8.03. The van der Waals surface area contributed by atoms with Crippen LogP contribution in [0, 0.1) is 0 Å². The highest BCUT2D eigenvalue weighted by atomic mass is 15.1. The number of pyridine rings is 1. The second-order valence-corrected chi connectivity index (χ2v) is 13.9. The van der Waals surface area contributed by atoms with Crippen LogP contribution < -0.4 is 0 Å². The van der Waals surface area contributed by atoms with Crippen molar-refractivity contribution in [3.63, 3.8) is 0 Å². The highest BCUT2D eigenvalue weighted by molar-refractivity contribution is 6.25. The number of aromatic nitrogens is 5. The van der Waals surface area contributed by atoms with E-state index in [2.05, 4.69) is 156 Å². The summed E-state index contributed by atoms with van der Waals surface area (Å²) in [6, 6.07) is 65.6. The van der Waals surface area contributed by atoms with Gasteiger partial charge in [0.05, 0.1) is 11.2 Å². The molecule has 0 aliphatic heterocycles. The van der Waals surface area contributed by atoms with Gasteiger partial charge in [-0.3, -0.25) is 4.57 Å².